The number of carbonyl (C=O) groups excluding carboxylic acids is 1. The third kappa shape index (κ3) is 2.98. The number of carbonyl (C=O) groups is 1. The van der Waals surface area contributed by atoms with E-state index in [4.69, 9.17) is 0 Å². The Balaban J connectivity index is 1.75. The van der Waals surface area contributed by atoms with Gasteiger partial charge in [0, 0.05) is 35.9 Å². The first kappa shape index (κ1) is 15.7. The number of aromatic nitrogens is 2. The SMILES string of the molecule is Cc1sc2ncnc(SCC(=O)N3CCNC[C@@H]3C)c2c1C. The summed E-state index contributed by atoms with van der Waals surface area (Å²) < 4.78 is 0. The molecule has 1 saturated heterocycles. The maximum absolute atomic E-state index is 12.4. The third-order valence-corrected chi connectivity index (χ3v) is 6.17. The van der Waals surface area contributed by atoms with Crippen molar-refractivity contribution in [1.29, 1.82) is 0 Å². The van der Waals surface area contributed by atoms with Gasteiger partial charge in [0.1, 0.15) is 16.2 Å². The van der Waals surface area contributed by atoms with Crippen LogP contribution in [0.5, 0.6) is 0 Å². The Bertz CT molecular complexity index is 700. The number of nitrogens with zero attached hydrogens (tertiary/aromatic N) is 3. The van der Waals surface area contributed by atoms with Gasteiger partial charge in [-0.25, -0.2) is 9.97 Å². The molecule has 0 spiro atoms. The Morgan fingerprint density at radius 3 is 3.09 bits per heavy atom. The highest BCUT2D eigenvalue weighted by molar-refractivity contribution is 8.00. The van der Waals surface area contributed by atoms with Crippen molar-refractivity contribution in [2.75, 3.05) is 25.4 Å². The molecule has 118 valence electrons. The van der Waals surface area contributed by atoms with E-state index in [1.54, 1.807) is 17.7 Å². The van der Waals surface area contributed by atoms with E-state index in [2.05, 4.69) is 36.1 Å². The maximum Gasteiger partial charge on any atom is 0.233 e. The average molecular weight is 336 g/mol. The van der Waals surface area contributed by atoms with Crippen molar-refractivity contribution in [3.63, 3.8) is 0 Å². The van der Waals surface area contributed by atoms with Crippen molar-refractivity contribution in [1.82, 2.24) is 20.2 Å². The smallest absolute Gasteiger partial charge is 0.233 e. The van der Waals surface area contributed by atoms with E-state index in [1.165, 1.54) is 22.2 Å². The van der Waals surface area contributed by atoms with Crippen LogP contribution >= 0.6 is 23.1 Å². The van der Waals surface area contributed by atoms with Crippen LogP contribution in [0.3, 0.4) is 0 Å². The molecule has 0 unspecified atom stereocenters. The molecule has 3 heterocycles. The molecule has 0 aromatic carbocycles. The van der Waals surface area contributed by atoms with Crippen molar-refractivity contribution < 1.29 is 4.79 Å². The molecule has 2 aromatic heterocycles. The van der Waals surface area contributed by atoms with Crippen LogP contribution in [-0.4, -0.2) is 52.2 Å². The quantitative estimate of drug-likeness (QED) is 0.688. The summed E-state index contributed by atoms with van der Waals surface area (Å²) in [7, 11) is 0. The predicted octanol–water partition coefficient (Wildman–Crippen LogP) is 2.22. The van der Waals surface area contributed by atoms with Crippen molar-refractivity contribution in [2.45, 2.75) is 31.8 Å². The second kappa shape index (κ2) is 6.52. The molecule has 0 aliphatic carbocycles. The summed E-state index contributed by atoms with van der Waals surface area (Å²) in [6, 6.07) is 0.261. The third-order valence-electron chi connectivity index (χ3n) is 4.08. The topological polar surface area (TPSA) is 58.1 Å². The van der Waals surface area contributed by atoms with Crippen molar-refractivity contribution in [3.05, 3.63) is 16.8 Å². The molecule has 1 amide bonds. The lowest BCUT2D eigenvalue weighted by Gasteiger charge is -2.33. The van der Waals surface area contributed by atoms with E-state index >= 15 is 0 Å². The molecular weight excluding hydrogens is 316 g/mol. The highest BCUT2D eigenvalue weighted by Crippen LogP contribution is 2.34. The minimum atomic E-state index is 0.190. The van der Waals surface area contributed by atoms with Crippen LogP contribution in [0.15, 0.2) is 11.4 Å². The molecule has 1 aliphatic rings. The molecule has 1 aliphatic heterocycles. The number of hydrogen-bond donors (Lipinski definition) is 1. The zero-order chi connectivity index (χ0) is 15.7. The van der Waals surface area contributed by atoms with E-state index in [1.807, 2.05) is 4.90 Å². The summed E-state index contributed by atoms with van der Waals surface area (Å²) in [5, 5.41) is 5.33. The number of aryl methyl sites for hydroxylation is 2. The molecule has 3 rings (SSSR count). The van der Waals surface area contributed by atoms with Gasteiger partial charge in [-0.1, -0.05) is 11.8 Å². The number of thiophene rings is 1. The van der Waals surface area contributed by atoms with Gasteiger partial charge in [-0.2, -0.15) is 0 Å². The van der Waals surface area contributed by atoms with Crippen LogP contribution in [0.2, 0.25) is 0 Å². The average Bonchev–Trinajstić information content (AvgIpc) is 2.81. The van der Waals surface area contributed by atoms with Gasteiger partial charge in [-0.05, 0) is 26.3 Å². The zero-order valence-electron chi connectivity index (χ0n) is 13.0. The van der Waals surface area contributed by atoms with Crippen LogP contribution in [0.25, 0.3) is 10.2 Å². The Morgan fingerprint density at radius 1 is 1.50 bits per heavy atom. The van der Waals surface area contributed by atoms with Crippen molar-refractivity contribution >= 4 is 39.2 Å². The van der Waals surface area contributed by atoms with Crippen LogP contribution in [0, 0.1) is 13.8 Å². The Kier molecular flexibility index (Phi) is 4.65. The largest absolute Gasteiger partial charge is 0.337 e. The van der Waals surface area contributed by atoms with Gasteiger partial charge >= 0.3 is 0 Å². The lowest BCUT2D eigenvalue weighted by atomic mass is 10.2. The number of rotatable bonds is 3. The molecule has 2 aromatic rings. The first-order chi connectivity index (χ1) is 10.6. The molecule has 5 nitrogen and oxygen atoms in total. The number of piperazine rings is 1. The van der Waals surface area contributed by atoms with Crippen molar-refractivity contribution in [2.24, 2.45) is 0 Å². The van der Waals surface area contributed by atoms with E-state index < -0.39 is 0 Å². The molecule has 1 fully saturated rings. The Labute approximate surface area is 138 Å². The van der Waals surface area contributed by atoms with Gasteiger partial charge in [0.15, 0.2) is 0 Å². The van der Waals surface area contributed by atoms with E-state index in [9.17, 15) is 4.79 Å². The number of amides is 1. The summed E-state index contributed by atoms with van der Waals surface area (Å²) in [6.07, 6.45) is 1.60. The standard InChI is InChI=1S/C15H20N4OS2/c1-9-6-16-4-5-19(9)12(20)7-21-14-13-10(2)11(3)22-15(13)18-8-17-14/h8-9,16H,4-7H2,1-3H3/t9-/m0/s1. The fourth-order valence-electron chi connectivity index (χ4n) is 2.68. The van der Waals surface area contributed by atoms with Crippen LogP contribution in [0.1, 0.15) is 17.4 Å². The molecule has 1 atom stereocenters. The Hall–Kier alpha value is -1.18. The monoisotopic (exact) mass is 336 g/mol. The summed E-state index contributed by atoms with van der Waals surface area (Å²) in [6.45, 7) is 8.82. The van der Waals surface area contributed by atoms with E-state index in [-0.39, 0.29) is 11.9 Å². The van der Waals surface area contributed by atoms with Gasteiger partial charge in [0.2, 0.25) is 5.91 Å². The molecule has 22 heavy (non-hydrogen) atoms. The molecule has 0 bridgehead atoms. The van der Waals surface area contributed by atoms with Crippen LogP contribution in [0.4, 0.5) is 0 Å². The summed E-state index contributed by atoms with van der Waals surface area (Å²) in [4.78, 5) is 25.4. The molecular formula is C15H20N4OS2. The van der Waals surface area contributed by atoms with Gasteiger partial charge in [-0.15, -0.1) is 11.3 Å². The lowest BCUT2D eigenvalue weighted by molar-refractivity contribution is -0.131. The maximum atomic E-state index is 12.4. The second-order valence-corrected chi connectivity index (χ2v) is 7.74. The number of thioether (sulfide) groups is 1. The number of nitrogens with one attached hydrogen (secondary N) is 1. The molecule has 0 radical (unpaired) electrons. The Morgan fingerprint density at radius 2 is 2.32 bits per heavy atom. The van der Waals surface area contributed by atoms with E-state index in [0.717, 1.165) is 34.9 Å². The fourth-order valence-corrected chi connectivity index (χ4v) is 4.69. The van der Waals surface area contributed by atoms with Crippen LogP contribution < -0.4 is 5.32 Å². The summed E-state index contributed by atoms with van der Waals surface area (Å²) in [5.41, 5.74) is 1.23. The molecule has 7 heteroatoms. The highest BCUT2D eigenvalue weighted by Gasteiger charge is 2.23. The summed E-state index contributed by atoms with van der Waals surface area (Å²) in [5.74, 6) is 0.625. The fraction of sp³-hybridized carbons (Fsp3) is 0.533. The van der Waals surface area contributed by atoms with Crippen LogP contribution in [-0.2, 0) is 4.79 Å². The van der Waals surface area contributed by atoms with Gasteiger partial charge in [0.25, 0.3) is 0 Å². The minimum Gasteiger partial charge on any atom is -0.337 e. The zero-order valence-corrected chi connectivity index (χ0v) is 14.7. The predicted molar refractivity (Wildman–Crippen MR) is 91.7 cm³/mol. The minimum absolute atomic E-state index is 0.190. The first-order valence-electron chi connectivity index (χ1n) is 7.41. The molecule has 1 N–H and O–H groups in total. The van der Waals surface area contributed by atoms with Gasteiger partial charge < -0.3 is 10.2 Å². The summed E-state index contributed by atoms with van der Waals surface area (Å²) >= 11 is 3.21. The number of hydrogen-bond acceptors (Lipinski definition) is 6. The highest BCUT2D eigenvalue weighted by atomic mass is 32.2. The number of fused-ring (bicyclic) bond motifs is 1. The lowest BCUT2D eigenvalue weighted by Crippen LogP contribution is -2.52. The second-order valence-electron chi connectivity index (χ2n) is 5.57. The van der Waals surface area contributed by atoms with E-state index in [0.29, 0.717) is 5.75 Å². The first-order valence-corrected chi connectivity index (χ1v) is 9.22. The normalized spacial score (nSPS) is 18.9. The van der Waals surface area contributed by atoms with Gasteiger partial charge in [-0.3, -0.25) is 4.79 Å². The van der Waals surface area contributed by atoms with Gasteiger partial charge in [0.05, 0.1) is 5.75 Å². The molecule has 0 saturated carbocycles. The van der Waals surface area contributed by atoms with Crippen molar-refractivity contribution in [3.8, 4) is 0 Å².